The molecule has 0 aliphatic heterocycles. The highest BCUT2D eigenvalue weighted by atomic mass is 35.5. The summed E-state index contributed by atoms with van der Waals surface area (Å²) in [6.07, 6.45) is 2.34. The van der Waals surface area contributed by atoms with Gasteiger partial charge in [0.25, 0.3) is 0 Å². The number of hydrogen-bond donors (Lipinski definition) is 0. The molecule has 0 fully saturated rings. The minimum atomic E-state index is 0.426. The highest BCUT2D eigenvalue weighted by molar-refractivity contribution is 6.35. The Hall–Kier alpha value is -2.04. The number of aldehydes is 1. The van der Waals surface area contributed by atoms with Crippen LogP contribution in [0.2, 0.25) is 10.0 Å². The van der Waals surface area contributed by atoms with E-state index in [1.165, 1.54) is 4.68 Å². The van der Waals surface area contributed by atoms with E-state index < -0.39 is 0 Å². The van der Waals surface area contributed by atoms with Crippen LogP contribution >= 0.6 is 23.2 Å². The van der Waals surface area contributed by atoms with E-state index in [0.717, 1.165) is 12.0 Å². The van der Waals surface area contributed by atoms with Gasteiger partial charge in [0, 0.05) is 11.2 Å². The molecule has 0 spiro atoms. The molecule has 1 aromatic carbocycles. The fraction of sp³-hybridized carbons (Fsp3) is 0.0667. The van der Waals surface area contributed by atoms with Crippen LogP contribution < -0.4 is 0 Å². The minimum Gasteiger partial charge on any atom is -0.460 e. The number of aromatic nitrogens is 2. The van der Waals surface area contributed by atoms with Crippen LogP contribution in [0.15, 0.2) is 40.9 Å². The Bertz CT molecular complexity index is 821. The van der Waals surface area contributed by atoms with E-state index in [4.69, 9.17) is 27.6 Å². The summed E-state index contributed by atoms with van der Waals surface area (Å²) < 4.78 is 7.06. The first-order valence-corrected chi connectivity index (χ1v) is 6.91. The van der Waals surface area contributed by atoms with E-state index in [1.54, 1.807) is 30.5 Å². The van der Waals surface area contributed by atoms with Gasteiger partial charge >= 0.3 is 0 Å². The third-order valence-corrected chi connectivity index (χ3v) is 3.54. The fourth-order valence-electron chi connectivity index (χ4n) is 2.02. The summed E-state index contributed by atoms with van der Waals surface area (Å²) in [6, 6.07) is 8.67. The van der Waals surface area contributed by atoms with E-state index in [0.29, 0.717) is 32.8 Å². The summed E-state index contributed by atoms with van der Waals surface area (Å²) in [5, 5.41) is 5.37. The highest BCUT2D eigenvalue weighted by Gasteiger charge is 2.15. The molecule has 3 aromatic rings. The molecule has 2 aromatic heterocycles. The van der Waals surface area contributed by atoms with E-state index >= 15 is 0 Å². The van der Waals surface area contributed by atoms with Crippen LogP contribution in [-0.4, -0.2) is 16.1 Å². The zero-order chi connectivity index (χ0) is 15.0. The number of benzene rings is 1. The van der Waals surface area contributed by atoms with Gasteiger partial charge in [-0.05, 0) is 37.3 Å². The molecule has 6 heteroatoms. The van der Waals surface area contributed by atoms with Gasteiger partial charge in [-0.2, -0.15) is 5.10 Å². The first-order chi connectivity index (χ1) is 10.1. The van der Waals surface area contributed by atoms with Crippen LogP contribution in [0.25, 0.3) is 17.1 Å². The first kappa shape index (κ1) is 13.9. The van der Waals surface area contributed by atoms with Gasteiger partial charge in [-0.15, -0.1) is 0 Å². The Balaban J connectivity index is 2.13. The second kappa shape index (κ2) is 5.39. The fourth-order valence-corrected chi connectivity index (χ4v) is 2.51. The Labute approximate surface area is 130 Å². The summed E-state index contributed by atoms with van der Waals surface area (Å²) in [6.45, 7) is 1.83. The molecule has 0 atom stereocenters. The van der Waals surface area contributed by atoms with Gasteiger partial charge < -0.3 is 4.42 Å². The molecule has 0 bridgehead atoms. The number of hydrogen-bond acceptors (Lipinski definition) is 3. The van der Waals surface area contributed by atoms with Crippen molar-refractivity contribution >= 4 is 29.5 Å². The topological polar surface area (TPSA) is 48.0 Å². The number of halogens is 2. The van der Waals surface area contributed by atoms with Crippen LogP contribution in [0.1, 0.15) is 16.1 Å². The quantitative estimate of drug-likeness (QED) is 0.664. The molecule has 0 unspecified atom stereocenters. The largest absolute Gasteiger partial charge is 0.460 e. The Kier molecular flexibility index (Phi) is 3.57. The number of nitrogens with zero attached hydrogens (tertiary/aromatic N) is 2. The molecule has 0 amide bonds. The molecule has 3 rings (SSSR count). The standard InChI is InChI=1S/C15H10Cl2N2O2/c1-9-2-5-14(21-9)15-10(8-20)7-19(18-15)13-4-3-11(16)6-12(13)17/h2-8H,1H3. The Morgan fingerprint density at radius 1 is 1.24 bits per heavy atom. The molecular weight excluding hydrogens is 311 g/mol. The van der Waals surface area contributed by atoms with Crippen LogP contribution in [0.5, 0.6) is 0 Å². The van der Waals surface area contributed by atoms with Crippen molar-refractivity contribution in [1.29, 1.82) is 0 Å². The van der Waals surface area contributed by atoms with E-state index in [9.17, 15) is 4.79 Å². The Morgan fingerprint density at radius 2 is 2.05 bits per heavy atom. The summed E-state index contributed by atoms with van der Waals surface area (Å²) in [7, 11) is 0. The van der Waals surface area contributed by atoms with Crippen molar-refractivity contribution < 1.29 is 9.21 Å². The van der Waals surface area contributed by atoms with Crippen molar-refractivity contribution in [2.24, 2.45) is 0 Å². The van der Waals surface area contributed by atoms with Crippen molar-refractivity contribution in [3.8, 4) is 17.1 Å². The molecule has 0 saturated carbocycles. The average molecular weight is 321 g/mol. The van der Waals surface area contributed by atoms with E-state index in [1.807, 2.05) is 13.0 Å². The van der Waals surface area contributed by atoms with Crippen molar-refractivity contribution in [2.75, 3.05) is 0 Å². The van der Waals surface area contributed by atoms with Gasteiger partial charge in [0.1, 0.15) is 11.5 Å². The number of aryl methyl sites for hydroxylation is 1. The minimum absolute atomic E-state index is 0.426. The lowest BCUT2D eigenvalue weighted by Crippen LogP contribution is -1.95. The predicted molar refractivity (Wildman–Crippen MR) is 81.4 cm³/mol. The summed E-state index contributed by atoms with van der Waals surface area (Å²) >= 11 is 12.0. The number of carbonyl (C=O) groups is 1. The highest BCUT2D eigenvalue weighted by Crippen LogP contribution is 2.28. The lowest BCUT2D eigenvalue weighted by atomic mass is 10.2. The molecule has 21 heavy (non-hydrogen) atoms. The van der Waals surface area contributed by atoms with Crippen molar-refractivity contribution in [1.82, 2.24) is 9.78 Å². The lowest BCUT2D eigenvalue weighted by Gasteiger charge is -2.04. The SMILES string of the molecule is Cc1ccc(-c2nn(-c3ccc(Cl)cc3Cl)cc2C=O)o1. The smallest absolute Gasteiger partial charge is 0.155 e. The zero-order valence-corrected chi connectivity index (χ0v) is 12.5. The second-order valence-corrected chi connectivity index (χ2v) is 5.35. The number of carbonyl (C=O) groups excluding carboxylic acids is 1. The van der Waals surface area contributed by atoms with Crippen LogP contribution in [0, 0.1) is 6.92 Å². The monoisotopic (exact) mass is 320 g/mol. The summed E-state index contributed by atoms with van der Waals surface area (Å²) in [5.74, 6) is 1.29. The molecule has 106 valence electrons. The maximum atomic E-state index is 11.2. The maximum Gasteiger partial charge on any atom is 0.155 e. The lowest BCUT2D eigenvalue weighted by molar-refractivity contribution is 0.112. The van der Waals surface area contributed by atoms with E-state index in [-0.39, 0.29) is 0 Å². The molecule has 2 heterocycles. The van der Waals surface area contributed by atoms with Gasteiger partial charge in [-0.1, -0.05) is 23.2 Å². The third-order valence-electron chi connectivity index (χ3n) is 3.00. The molecular formula is C15H10Cl2N2O2. The maximum absolute atomic E-state index is 11.2. The predicted octanol–water partition coefficient (Wildman–Crippen LogP) is 4.56. The normalized spacial score (nSPS) is 10.8. The van der Waals surface area contributed by atoms with Gasteiger partial charge in [-0.3, -0.25) is 4.79 Å². The van der Waals surface area contributed by atoms with Crippen LogP contribution in [0.4, 0.5) is 0 Å². The van der Waals surface area contributed by atoms with Crippen LogP contribution in [-0.2, 0) is 0 Å². The molecule has 0 saturated heterocycles. The third kappa shape index (κ3) is 2.60. The molecule has 0 radical (unpaired) electrons. The first-order valence-electron chi connectivity index (χ1n) is 6.15. The number of furan rings is 1. The molecule has 0 N–H and O–H groups in total. The second-order valence-electron chi connectivity index (χ2n) is 4.50. The van der Waals surface area contributed by atoms with Gasteiger partial charge in [0.15, 0.2) is 12.0 Å². The molecule has 0 aliphatic rings. The Morgan fingerprint density at radius 3 is 2.67 bits per heavy atom. The van der Waals surface area contributed by atoms with Crippen molar-refractivity contribution in [3.05, 3.63) is 57.9 Å². The molecule has 0 aliphatic carbocycles. The summed E-state index contributed by atoms with van der Waals surface area (Å²) in [5.41, 5.74) is 1.54. The molecule has 4 nitrogen and oxygen atoms in total. The van der Waals surface area contributed by atoms with Crippen molar-refractivity contribution in [2.45, 2.75) is 6.92 Å². The van der Waals surface area contributed by atoms with Gasteiger partial charge in [0.2, 0.25) is 0 Å². The average Bonchev–Trinajstić information content (AvgIpc) is 3.04. The van der Waals surface area contributed by atoms with Gasteiger partial charge in [-0.25, -0.2) is 4.68 Å². The zero-order valence-electron chi connectivity index (χ0n) is 11.0. The van der Waals surface area contributed by atoms with Crippen molar-refractivity contribution in [3.63, 3.8) is 0 Å². The van der Waals surface area contributed by atoms with Crippen LogP contribution in [0.3, 0.4) is 0 Å². The van der Waals surface area contributed by atoms with E-state index in [2.05, 4.69) is 5.10 Å². The summed E-state index contributed by atoms with van der Waals surface area (Å²) in [4.78, 5) is 11.2. The number of rotatable bonds is 3. The van der Waals surface area contributed by atoms with Gasteiger partial charge in [0.05, 0.1) is 16.3 Å².